The molecule has 0 spiro atoms. The number of anilines is 1. The van der Waals surface area contributed by atoms with Gasteiger partial charge in [0.15, 0.2) is 0 Å². The number of nitrogens with zero attached hydrogens (tertiary/aromatic N) is 1. The predicted octanol–water partition coefficient (Wildman–Crippen LogP) is 3.96. The summed E-state index contributed by atoms with van der Waals surface area (Å²) in [6.45, 7) is 3.08. The zero-order chi connectivity index (χ0) is 22.6. The van der Waals surface area contributed by atoms with Gasteiger partial charge in [0.2, 0.25) is 15.9 Å². The quantitative estimate of drug-likeness (QED) is 0.594. The fourth-order valence-corrected chi connectivity index (χ4v) is 5.27. The second-order valence-corrected chi connectivity index (χ2v) is 10.2. The molecule has 2 aromatic rings. The number of hydrogen-bond acceptors (Lipinski definition) is 5. The first-order chi connectivity index (χ1) is 14.7. The van der Waals surface area contributed by atoms with Gasteiger partial charge in [0.05, 0.1) is 35.4 Å². The maximum absolute atomic E-state index is 12.8. The number of ether oxygens (including phenoxy) is 1. The number of amides is 1. The highest BCUT2D eigenvalue weighted by atomic mass is 35.5. The SMILES string of the molecule is C[C@@H](NCC(=O)Nc1cc(S(=O)(=O)N2CCOCC2)ccc1Cl)c1ccc(Cl)cc1Cl. The van der Waals surface area contributed by atoms with Crippen LogP contribution in [0, 0.1) is 0 Å². The van der Waals surface area contributed by atoms with Crippen LogP contribution in [0.3, 0.4) is 0 Å². The molecule has 1 aliphatic heterocycles. The second kappa shape index (κ2) is 10.5. The van der Waals surface area contributed by atoms with Crippen LogP contribution in [-0.4, -0.2) is 51.5 Å². The summed E-state index contributed by atoms with van der Waals surface area (Å²) in [4.78, 5) is 12.5. The fourth-order valence-electron chi connectivity index (χ4n) is 3.10. The van der Waals surface area contributed by atoms with Gasteiger partial charge in [0.25, 0.3) is 0 Å². The maximum atomic E-state index is 12.8. The standard InChI is InChI=1S/C20H22Cl3N3O4S/c1-13(16-4-2-14(21)10-18(16)23)24-12-20(27)25-19-11-15(3-5-17(19)22)31(28,29)26-6-8-30-9-7-26/h2-5,10-11,13,24H,6-9,12H2,1H3,(H,25,27)/t13-/m1/s1. The van der Waals surface area contributed by atoms with E-state index in [-0.39, 0.29) is 47.2 Å². The molecule has 7 nitrogen and oxygen atoms in total. The average Bonchev–Trinajstić information content (AvgIpc) is 2.74. The number of carbonyl (C=O) groups excluding carboxylic acids is 1. The molecule has 0 radical (unpaired) electrons. The minimum absolute atomic E-state index is 0.0309. The molecule has 1 heterocycles. The zero-order valence-electron chi connectivity index (χ0n) is 16.7. The zero-order valence-corrected chi connectivity index (χ0v) is 19.8. The molecule has 1 aliphatic rings. The van der Waals surface area contributed by atoms with Crippen LogP contribution in [0.5, 0.6) is 0 Å². The van der Waals surface area contributed by atoms with Gasteiger partial charge in [-0.2, -0.15) is 4.31 Å². The van der Waals surface area contributed by atoms with E-state index in [1.807, 2.05) is 6.92 Å². The van der Waals surface area contributed by atoms with Crippen molar-refractivity contribution in [2.75, 3.05) is 38.2 Å². The van der Waals surface area contributed by atoms with Gasteiger partial charge in [-0.15, -0.1) is 0 Å². The smallest absolute Gasteiger partial charge is 0.243 e. The topological polar surface area (TPSA) is 87.7 Å². The van der Waals surface area contributed by atoms with Crippen molar-refractivity contribution in [3.8, 4) is 0 Å². The number of halogens is 3. The Labute approximate surface area is 196 Å². The largest absolute Gasteiger partial charge is 0.379 e. The van der Waals surface area contributed by atoms with E-state index in [0.29, 0.717) is 23.3 Å². The summed E-state index contributed by atoms with van der Waals surface area (Å²) in [5.74, 6) is -0.375. The van der Waals surface area contributed by atoms with Crippen LogP contribution in [0.2, 0.25) is 15.1 Å². The molecular weight excluding hydrogens is 485 g/mol. The van der Waals surface area contributed by atoms with E-state index in [1.165, 1.54) is 22.5 Å². The van der Waals surface area contributed by atoms with Crippen LogP contribution < -0.4 is 10.6 Å². The van der Waals surface area contributed by atoms with Gasteiger partial charge in [0, 0.05) is 29.2 Å². The van der Waals surface area contributed by atoms with Crippen molar-refractivity contribution < 1.29 is 17.9 Å². The van der Waals surface area contributed by atoms with E-state index >= 15 is 0 Å². The molecule has 0 aromatic heterocycles. The Morgan fingerprint density at radius 2 is 1.81 bits per heavy atom. The highest BCUT2D eigenvalue weighted by Crippen LogP contribution is 2.28. The molecule has 0 bridgehead atoms. The first kappa shape index (κ1) is 24.3. The summed E-state index contributed by atoms with van der Waals surface area (Å²) < 4.78 is 32.3. The first-order valence-electron chi connectivity index (χ1n) is 9.54. The summed E-state index contributed by atoms with van der Waals surface area (Å²) in [7, 11) is -3.70. The minimum atomic E-state index is -3.70. The highest BCUT2D eigenvalue weighted by molar-refractivity contribution is 7.89. The Kier molecular flexibility index (Phi) is 8.20. The van der Waals surface area contributed by atoms with Gasteiger partial charge in [-0.1, -0.05) is 40.9 Å². The molecule has 1 amide bonds. The van der Waals surface area contributed by atoms with E-state index in [9.17, 15) is 13.2 Å². The van der Waals surface area contributed by atoms with Crippen molar-refractivity contribution in [1.82, 2.24) is 9.62 Å². The Morgan fingerprint density at radius 1 is 1.10 bits per heavy atom. The van der Waals surface area contributed by atoms with E-state index in [2.05, 4.69) is 10.6 Å². The number of nitrogens with one attached hydrogen (secondary N) is 2. The Balaban J connectivity index is 1.66. The molecule has 1 fully saturated rings. The van der Waals surface area contributed by atoms with Crippen LogP contribution in [0.25, 0.3) is 0 Å². The number of carbonyl (C=O) groups is 1. The van der Waals surface area contributed by atoms with Gasteiger partial charge in [-0.3, -0.25) is 4.79 Å². The van der Waals surface area contributed by atoms with Gasteiger partial charge < -0.3 is 15.4 Å². The van der Waals surface area contributed by atoms with Crippen LogP contribution in [0.4, 0.5) is 5.69 Å². The van der Waals surface area contributed by atoms with Gasteiger partial charge in [0.1, 0.15) is 0 Å². The van der Waals surface area contributed by atoms with Crippen molar-refractivity contribution in [3.63, 3.8) is 0 Å². The van der Waals surface area contributed by atoms with E-state index in [1.54, 1.807) is 18.2 Å². The van der Waals surface area contributed by atoms with Crippen molar-refractivity contribution >= 4 is 56.4 Å². The molecular formula is C20H22Cl3N3O4S. The van der Waals surface area contributed by atoms with Crippen LogP contribution in [0.1, 0.15) is 18.5 Å². The second-order valence-electron chi connectivity index (χ2n) is 6.97. The van der Waals surface area contributed by atoms with Crippen LogP contribution in [0.15, 0.2) is 41.3 Å². The molecule has 168 valence electrons. The van der Waals surface area contributed by atoms with Gasteiger partial charge in [-0.05, 0) is 42.8 Å². The number of sulfonamides is 1. The van der Waals surface area contributed by atoms with Crippen molar-refractivity contribution in [3.05, 3.63) is 57.0 Å². The molecule has 1 saturated heterocycles. The predicted molar refractivity (Wildman–Crippen MR) is 123 cm³/mol. The van der Waals surface area contributed by atoms with E-state index in [4.69, 9.17) is 39.5 Å². The molecule has 0 unspecified atom stereocenters. The summed E-state index contributed by atoms with van der Waals surface area (Å²) in [5, 5.41) is 7.00. The lowest BCUT2D eigenvalue weighted by atomic mass is 10.1. The minimum Gasteiger partial charge on any atom is -0.379 e. The monoisotopic (exact) mass is 505 g/mol. The van der Waals surface area contributed by atoms with Gasteiger partial charge in [-0.25, -0.2) is 8.42 Å². The van der Waals surface area contributed by atoms with Gasteiger partial charge >= 0.3 is 0 Å². The molecule has 31 heavy (non-hydrogen) atoms. The fraction of sp³-hybridized carbons (Fsp3) is 0.350. The van der Waals surface area contributed by atoms with E-state index < -0.39 is 10.0 Å². The Bertz CT molecular complexity index is 1060. The number of morpholine rings is 1. The van der Waals surface area contributed by atoms with Crippen molar-refractivity contribution in [2.24, 2.45) is 0 Å². The highest BCUT2D eigenvalue weighted by Gasteiger charge is 2.27. The molecule has 3 rings (SSSR count). The Morgan fingerprint density at radius 3 is 2.48 bits per heavy atom. The third-order valence-electron chi connectivity index (χ3n) is 4.82. The average molecular weight is 507 g/mol. The molecule has 11 heteroatoms. The first-order valence-corrected chi connectivity index (χ1v) is 12.1. The maximum Gasteiger partial charge on any atom is 0.243 e. The summed E-state index contributed by atoms with van der Waals surface area (Å²) in [6, 6.07) is 9.18. The van der Waals surface area contributed by atoms with E-state index in [0.717, 1.165) is 5.56 Å². The van der Waals surface area contributed by atoms with Crippen molar-refractivity contribution in [2.45, 2.75) is 17.9 Å². The number of benzene rings is 2. The van der Waals surface area contributed by atoms with Crippen LogP contribution in [-0.2, 0) is 19.6 Å². The molecule has 0 aliphatic carbocycles. The lowest BCUT2D eigenvalue weighted by Gasteiger charge is -2.26. The van der Waals surface area contributed by atoms with Crippen molar-refractivity contribution in [1.29, 1.82) is 0 Å². The molecule has 2 aromatic carbocycles. The third-order valence-corrected chi connectivity index (χ3v) is 7.60. The number of hydrogen-bond donors (Lipinski definition) is 2. The summed E-state index contributed by atoms with van der Waals surface area (Å²) >= 11 is 18.3. The lowest BCUT2D eigenvalue weighted by Crippen LogP contribution is -2.40. The molecule has 2 N–H and O–H groups in total. The van der Waals surface area contributed by atoms with Crippen LogP contribution >= 0.6 is 34.8 Å². The lowest BCUT2D eigenvalue weighted by molar-refractivity contribution is -0.115. The summed E-state index contributed by atoms with van der Waals surface area (Å²) in [6.07, 6.45) is 0. The molecule has 1 atom stereocenters. The number of rotatable bonds is 7. The third kappa shape index (κ3) is 6.10. The Hall–Kier alpha value is -1.39. The molecule has 0 saturated carbocycles. The summed E-state index contributed by atoms with van der Waals surface area (Å²) in [5.41, 5.74) is 1.02. The normalized spacial score (nSPS) is 16.1.